The molecule has 0 bridgehead atoms. The zero-order valence-electron chi connectivity index (χ0n) is 11.2. The number of amides is 1. The quantitative estimate of drug-likeness (QED) is 0.811. The Labute approximate surface area is 122 Å². The molecule has 0 N–H and O–H groups in total. The van der Waals surface area contributed by atoms with E-state index in [9.17, 15) is 4.79 Å². The number of pyridine rings is 1. The van der Waals surface area contributed by atoms with Crippen LogP contribution in [0.3, 0.4) is 0 Å². The van der Waals surface area contributed by atoms with Gasteiger partial charge in [0.2, 0.25) is 0 Å². The molecule has 0 saturated carbocycles. The van der Waals surface area contributed by atoms with Crippen molar-refractivity contribution in [1.29, 1.82) is 0 Å². The van der Waals surface area contributed by atoms with E-state index in [-0.39, 0.29) is 12.0 Å². The fourth-order valence-corrected chi connectivity index (χ4v) is 2.72. The Morgan fingerprint density at radius 2 is 2.35 bits per heavy atom. The molecule has 0 spiro atoms. The first-order valence-electron chi connectivity index (χ1n) is 6.60. The zero-order valence-corrected chi connectivity index (χ0v) is 11.9. The largest absolute Gasteiger partial charge is 0.375 e. The SMILES string of the molecule is C[C@H]1CN(C(=O)c2cc(Cl)cc3cccnc23)CCO1. The van der Waals surface area contributed by atoms with Crippen molar-refractivity contribution >= 4 is 28.4 Å². The van der Waals surface area contributed by atoms with Crippen LogP contribution < -0.4 is 0 Å². The third-order valence-electron chi connectivity index (χ3n) is 3.43. The number of fused-ring (bicyclic) bond motifs is 1. The summed E-state index contributed by atoms with van der Waals surface area (Å²) in [5.74, 6) is -0.0358. The second kappa shape index (κ2) is 5.38. The van der Waals surface area contributed by atoms with E-state index >= 15 is 0 Å². The molecule has 0 radical (unpaired) electrons. The molecular formula is C15H15ClN2O2. The topological polar surface area (TPSA) is 42.4 Å². The van der Waals surface area contributed by atoms with Crippen molar-refractivity contribution in [2.24, 2.45) is 0 Å². The van der Waals surface area contributed by atoms with Gasteiger partial charge in [-0.15, -0.1) is 0 Å². The van der Waals surface area contributed by atoms with Crippen LogP contribution in [-0.4, -0.2) is 41.6 Å². The molecule has 0 aliphatic carbocycles. The van der Waals surface area contributed by atoms with E-state index in [1.807, 2.05) is 25.1 Å². The molecule has 0 unspecified atom stereocenters. The molecule has 3 rings (SSSR count). The van der Waals surface area contributed by atoms with Crippen molar-refractivity contribution in [2.45, 2.75) is 13.0 Å². The number of halogens is 1. The second-order valence-corrected chi connectivity index (χ2v) is 5.40. The van der Waals surface area contributed by atoms with Crippen LogP contribution in [0, 0.1) is 0 Å². The van der Waals surface area contributed by atoms with Crippen molar-refractivity contribution in [1.82, 2.24) is 9.88 Å². The van der Waals surface area contributed by atoms with Gasteiger partial charge in [-0.2, -0.15) is 0 Å². The Bertz CT molecular complexity index is 659. The van der Waals surface area contributed by atoms with Crippen molar-refractivity contribution in [3.63, 3.8) is 0 Å². The van der Waals surface area contributed by atoms with Gasteiger partial charge in [0, 0.05) is 29.7 Å². The molecule has 2 aromatic rings. The Morgan fingerprint density at radius 1 is 1.50 bits per heavy atom. The summed E-state index contributed by atoms with van der Waals surface area (Å²) in [6.07, 6.45) is 1.75. The third-order valence-corrected chi connectivity index (χ3v) is 3.65. The van der Waals surface area contributed by atoms with Gasteiger partial charge in [-0.1, -0.05) is 17.7 Å². The molecule has 1 aliphatic rings. The monoisotopic (exact) mass is 290 g/mol. The zero-order chi connectivity index (χ0) is 14.1. The van der Waals surface area contributed by atoms with Crippen LogP contribution in [0.1, 0.15) is 17.3 Å². The highest BCUT2D eigenvalue weighted by Gasteiger charge is 2.24. The van der Waals surface area contributed by atoms with Gasteiger partial charge >= 0.3 is 0 Å². The summed E-state index contributed by atoms with van der Waals surface area (Å²) in [6.45, 7) is 3.73. The van der Waals surface area contributed by atoms with Crippen molar-refractivity contribution in [3.05, 3.63) is 41.0 Å². The van der Waals surface area contributed by atoms with Gasteiger partial charge in [0.15, 0.2) is 0 Å². The summed E-state index contributed by atoms with van der Waals surface area (Å²) in [6, 6.07) is 7.26. The van der Waals surface area contributed by atoms with Crippen molar-refractivity contribution < 1.29 is 9.53 Å². The highest BCUT2D eigenvalue weighted by Crippen LogP contribution is 2.24. The number of hydrogen-bond donors (Lipinski definition) is 0. The normalized spacial score (nSPS) is 19.3. The Kier molecular flexibility index (Phi) is 3.59. The number of benzene rings is 1. The predicted octanol–water partition coefficient (Wildman–Crippen LogP) is 2.75. The minimum atomic E-state index is -0.0358. The average molecular weight is 291 g/mol. The fraction of sp³-hybridized carbons (Fsp3) is 0.333. The summed E-state index contributed by atoms with van der Waals surface area (Å²) < 4.78 is 5.47. The highest BCUT2D eigenvalue weighted by molar-refractivity contribution is 6.32. The maximum Gasteiger partial charge on any atom is 0.256 e. The summed E-state index contributed by atoms with van der Waals surface area (Å²) in [4.78, 5) is 18.8. The van der Waals surface area contributed by atoms with Gasteiger partial charge in [0.1, 0.15) is 0 Å². The van der Waals surface area contributed by atoms with Gasteiger partial charge in [-0.3, -0.25) is 9.78 Å². The number of ether oxygens (including phenoxy) is 1. The van der Waals surface area contributed by atoms with Crippen LogP contribution in [-0.2, 0) is 4.74 Å². The molecule has 1 aliphatic heterocycles. The number of morpholine rings is 1. The van der Waals surface area contributed by atoms with E-state index in [1.54, 1.807) is 17.2 Å². The Morgan fingerprint density at radius 3 is 3.15 bits per heavy atom. The van der Waals surface area contributed by atoms with E-state index in [0.717, 1.165) is 5.39 Å². The molecule has 2 heterocycles. The molecule has 1 saturated heterocycles. The van der Waals surface area contributed by atoms with Crippen LogP contribution in [0.4, 0.5) is 0 Å². The van der Waals surface area contributed by atoms with Crippen LogP contribution in [0.5, 0.6) is 0 Å². The van der Waals surface area contributed by atoms with Gasteiger partial charge in [-0.05, 0) is 25.1 Å². The number of nitrogens with zero attached hydrogens (tertiary/aromatic N) is 2. The Balaban J connectivity index is 2.02. The summed E-state index contributed by atoms with van der Waals surface area (Å²) in [5.41, 5.74) is 1.25. The standard InChI is InChI=1S/C15H15ClN2O2/c1-10-9-18(5-6-20-10)15(19)13-8-12(16)7-11-3-2-4-17-14(11)13/h2-4,7-8,10H,5-6,9H2,1H3/t10-/m0/s1. The molecular weight excluding hydrogens is 276 g/mol. The summed E-state index contributed by atoms with van der Waals surface area (Å²) >= 11 is 6.11. The van der Waals surface area contributed by atoms with Gasteiger partial charge < -0.3 is 9.64 Å². The van der Waals surface area contributed by atoms with Gasteiger partial charge in [-0.25, -0.2) is 0 Å². The van der Waals surface area contributed by atoms with Crippen LogP contribution in [0.25, 0.3) is 10.9 Å². The van der Waals surface area contributed by atoms with E-state index in [4.69, 9.17) is 16.3 Å². The maximum absolute atomic E-state index is 12.7. The van der Waals surface area contributed by atoms with Crippen LogP contribution in [0.2, 0.25) is 5.02 Å². The smallest absolute Gasteiger partial charge is 0.256 e. The first-order chi connectivity index (χ1) is 9.65. The van der Waals surface area contributed by atoms with E-state index in [1.165, 1.54) is 0 Å². The summed E-state index contributed by atoms with van der Waals surface area (Å²) in [7, 11) is 0. The number of rotatable bonds is 1. The lowest BCUT2D eigenvalue weighted by molar-refractivity contribution is -0.0123. The minimum absolute atomic E-state index is 0.0358. The fourth-order valence-electron chi connectivity index (χ4n) is 2.49. The molecule has 5 heteroatoms. The number of aromatic nitrogens is 1. The second-order valence-electron chi connectivity index (χ2n) is 4.96. The molecule has 1 aromatic carbocycles. The van der Waals surface area contributed by atoms with E-state index < -0.39 is 0 Å². The van der Waals surface area contributed by atoms with Crippen LogP contribution in [0.15, 0.2) is 30.5 Å². The number of hydrogen-bond acceptors (Lipinski definition) is 3. The minimum Gasteiger partial charge on any atom is -0.375 e. The summed E-state index contributed by atoms with van der Waals surface area (Å²) in [5, 5.41) is 1.43. The first kappa shape index (κ1) is 13.3. The van der Waals surface area contributed by atoms with Gasteiger partial charge in [0.25, 0.3) is 5.91 Å². The third kappa shape index (κ3) is 2.49. The maximum atomic E-state index is 12.7. The van der Waals surface area contributed by atoms with E-state index in [2.05, 4.69) is 4.98 Å². The molecule has 1 atom stereocenters. The molecule has 1 amide bonds. The van der Waals surface area contributed by atoms with Crippen molar-refractivity contribution in [3.8, 4) is 0 Å². The molecule has 20 heavy (non-hydrogen) atoms. The first-order valence-corrected chi connectivity index (χ1v) is 6.98. The lowest BCUT2D eigenvalue weighted by atomic mass is 10.1. The molecule has 1 fully saturated rings. The lowest BCUT2D eigenvalue weighted by Crippen LogP contribution is -2.44. The Hall–Kier alpha value is -1.65. The van der Waals surface area contributed by atoms with Gasteiger partial charge in [0.05, 0.1) is 23.8 Å². The highest BCUT2D eigenvalue weighted by atomic mass is 35.5. The predicted molar refractivity (Wildman–Crippen MR) is 78.1 cm³/mol. The van der Waals surface area contributed by atoms with E-state index in [0.29, 0.717) is 35.8 Å². The average Bonchev–Trinajstić information content (AvgIpc) is 2.45. The number of carbonyl (C=O) groups is 1. The van der Waals surface area contributed by atoms with Crippen molar-refractivity contribution in [2.75, 3.05) is 19.7 Å². The molecule has 104 valence electrons. The molecule has 4 nitrogen and oxygen atoms in total. The lowest BCUT2D eigenvalue weighted by Gasteiger charge is -2.31. The number of carbonyl (C=O) groups excluding carboxylic acids is 1. The molecule has 1 aromatic heterocycles. The van der Waals surface area contributed by atoms with Crippen LogP contribution >= 0.6 is 11.6 Å².